The maximum atomic E-state index is 12.3. The first-order valence-electron chi connectivity index (χ1n) is 7.50. The van der Waals surface area contributed by atoms with Crippen LogP contribution in [-0.4, -0.2) is 20.7 Å². The molecule has 0 unspecified atom stereocenters. The summed E-state index contributed by atoms with van der Waals surface area (Å²) in [5.41, 5.74) is 3.43. The van der Waals surface area contributed by atoms with Crippen LogP contribution in [0.3, 0.4) is 0 Å². The molecule has 0 spiro atoms. The molecule has 0 saturated heterocycles. The summed E-state index contributed by atoms with van der Waals surface area (Å²) in [6, 6.07) is 5.65. The summed E-state index contributed by atoms with van der Waals surface area (Å²) in [5, 5.41) is 9.02. The van der Waals surface area contributed by atoms with Crippen LogP contribution in [0, 0.1) is 6.92 Å². The lowest BCUT2D eigenvalue weighted by Crippen LogP contribution is -2.20. The number of nitrogens with one attached hydrogen (secondary N) is 1. The van der Waals surface area contributed by atoms with Crippen molar-refractivity contribution >= 4 is 16.8 Å². The van der Waals surface area contributed by atoms with Gasteiger partial charge in [0.25, 0.3) is 5.56 Å². The molecule has 2 N–H and O–H groups in total. The first kappa shape index (κ1) is 16.2. The van der Waals surface area contributed by atoms with E-state index < -0.39 is 0 Å². The number of hydroxylamine groups is 1. The van der Waals surface area contributed by atoms with Gasteiger partial charge in [-0.2, -0.15) is 0 Å². The van der Waals surface area contributed by atoms with E-state index in [2.05, 4.69) is 4.98 Å². The summed E-state index contributed by atoms with van der Waals surface area (Å²) in [4.78, 5) is 27.5. The molecule has 2 aromatic rings. The van der Waals surface area contributed by atoms with Gasteiger partial charge in [0.05, 0.1) is 17.2 Å². The molecule has 118 valence electrons. The van der Waals surface area contributed by atoms with Gasteiger partial charge in [0.2, 0.25) is 5.91 Å². The fourth-order valence-electron chi connectivity index (χ4n) is 2.40. The van der Waals surface area contributed by atoms with E-state index in [0.717, 1.165) is 36.8 Å². The van der Waals surface area contributed by atoms with Gasteiger partial charge in [-0.1, -0.05) is 18.9 Å². The number of benzene rings is 1. The Morgan fingerprint density at radius 2 is 2.05 bits per heavy atom. The molecule has 2 rings (SSSR count). The number of aryl methyl sites for hydroxylation is 2. The number of unbranched alkanes of at least 4 members (excludes halogenated alkanes) is 3. The predicted molar refractivity (Wildman–Crippen MR) is 83.8 cm³/mol. The Kier molecular flexibility index (Phi) is 5.66. The Morgan fingerprint density at radius 1 is 1.27 bits per heavy atom. The van der Waals surface area contributed by atoms with Crippen molar-refractivity contribution in [2.24, 2.45) is 0 Å². The average molecular weight is 303 g/mol. The third-order valence-corrected chi connectivity index (χ3v) is 3.66. The number of rotatable bonds is 7. The summed E-state index contributed by atoms with van der Waals surface area (Å²) < 4.78 is 1.64. The Morgan fingerprint density at radius 3 is 2.82 bits per heavy atom. The lowest BCUT2D eigenvalue weighted by Gasteiger charge is -2.07. The molecule has 1 heterocycles. The van der Waals surface area contributed by atoms with E-state index in [4.69, 9.17) is 5.21 Å². The first-order valence-corrected chi connectivity index (χ1v) is 7.50. The van der Waals surface area contributed by atoms with Crippen LogP contribution in [0.5, 0.6) is 0 Å². The highest BCUT2D eigenvalue weighted by atomic mass is 16.5. The molecule has 0 atom stereocenters. The van der Waals surface area contributed by atoms with Crippen molar-refractivity contribution in [1.82, 2.24) is 15.0 Å². The number of aromatic nitrogens is 2. The van der Waals surface area contributed by atoms with E-state index >= 15 is 0 Å². The second-order valence-electron chi connectivity index (χ2n) is 5.46. The fraction of sp³-hybridized carbons (Fsp3) is 0.438. The summed E-state index contributed by atoms with van der Waals surface area (Å²) in [6.07, 6.45) is 5.34. The molecule has 1 aromatic heterocycles. The van der Waals surface area contributed by atoms with Gasteiger partial charge >= 0.3 is 0 Å². The molecular formula is C16H21N3O3. The molecule has 1 aromatic carbocycles. The predicted octanol–water partition coefficient (Wildman–Crippen LogP) is 2.16. The van der Waals surface area contributed by atoms with Gasteiger partial charge in [-0.05, 0) is 37.5 Å². The van der Waals surface area contributed by atoms with Crippen LogP contribution in [0.15, 0.2) is 29.3 Å². The minimum Gasteiger partial charge on any atom is -0.299 e. The van der Waals surface area contributed by atoms with Gasteiger partial charge in [0.1, 0.15) is 0 Å². The average Bonchev–Trinajstić information content (AvgIpc) is 2.52. The highest BCUT2D eigenvalue weighted by Crippen LogP contribution is 2.09. The molecule has 6 nitrogen and oxygen atoms in total. The number of amides is 1. The van der Waals surface area contributed by atoms with Crippen molar-refractivity contribution in [2.45, 2.75) is 45.6 Å². The largest absolute Gasteiger partial charge is 0.299 e. The zero-order valence-electron chi connectivity index (χ0n) is 12.7. The molecule has 22 heavy (non-hydrogen) atoms. The maximum absolute atomic E-state index is 12.3. The summed E-state index contributed by atoms with van der Waals surface area (Å²) >= 11 is 0. The number of hydrogen-bond donors (Lipinski definition) is 2. The van der Waals surface area contributed by atoms with Gasteiger partial charge < -0.3 is 0 Å². The van der Waals surface area contributed by atoms with Gasteiger partial charge in [-0.15, -0.1) is 0 Å². The van der Waals surface area contributed by atoms with Crippen LogP contribution in [-0.2, 0) is 11.3 Å². The molecule has 0 fully saturated rings. The van der Waals surface area contributed by atoms with E-state index in [0.29, 0.717) is 18.4 Å². The lowest BCUT2D eigenvalue weighted by molar-refractivity contribution is -0.129. The number of carbonyl (C=O) groups excluding carboxylic acids is 1. The van der Waals surface area contributed by atoms with Gasteiger partial charge in [-0.3, -0.25) is 19.4 Å². The van der Waals surface area contributed by atoms with Crippen molar-refractivity contribution in [3.63, 3.8) is 0 Å². The van der Waals surface area contributed by atoms with Crippen molar-refractivity contribution in [3.05, 3.63) is 40.4 Å². The van der Waals surface area contributed by atoms with Crippen molar-refractivity contribution < 1.29 is 10.0 Å². The van der Waals surface area contributed by atoms with Crippen LogP contribution in [0.2, 0.25) is 0 Å². The SMILES string of the molecule is Cc1ccc2c(=O)n(CCCCCCC(=O)NO)cnc2c1. The van der Waals surface area contributed by atoms with Crippen molar-refractivity contribution in [3.8, 4) is 0 Å². The van der Waals surface area contributed by atoms with E-state index in [1.54, 1.807) is 16.4 Å². The van der Waals surface area contributed by atoms with Gasteiger partial charge in [0, 0.05) is 13.0 Å². The highest BCUT2D eigenvalue weighted by molar-refractivity contribution is 5.77. The minimum atomic E-state index is -0.356. The number of nitrogens with zero attached hydrogens (tertiary/aromatic N) is 2. The molecule has 0 radical (unpaired) electrons. The second-order valence-corrected chi connectivity index (χ2v) is 5.46. The number of fused-ring (bicyclic) bond motifs is 1. The normalized spacial score (nSPS) is 10.8. The fourth-order valence-corrected chi connectivity index (χ4v) is 2.40. The van der Waals surface area contributed by atoms with E-state index in [1.165, 1.54) is 0 Å². The topological polar surface area (TPSA) is 84.2 Å². The first-order chi connectivity index (χ1) is 10.6. The van der Waals surface area contributed by atoms with Crippen molar-refractivity contribution in [2.75, 3.05) is 0 Å². The summed E-state index contributed by atoms with van der Waals surface area (Å²) in [6.45, 7) is 2.60. The molecular weight excluding hydrogens is 282 g/mol. The third-order valence-electron chi connectivity index (χ3n) is 3.66. The standard InChI is InChI=1S/C16H21N3O3/c1-12-7-8-13-14(10-12)17-11-19(16(13)21)9-5-3-2-4-6-15(20)18-22/h7-8,10-11,22H,2-6,9H2,1H3,(H,18,20). The quantitative estimate of drug-likeness (QED) is 0.466. The smallest absolute Gasteiger partial charge is 0.261 e. The van der Waals surface area contributed by atoms with E-state index in [-0.39, 0.29) is 11.5 Å². The zero-order chi connectivity index (χ0) is 15.9. The lowest BCUT2D eigenvalue weighted by atomic mass is 10.1. The third kappa shape index (κ3) is 4.14. The molecule has 6 heteroatoms. The van der Waals surface area contributed by atoms with Crippen LogP contribution in [0.4, 0.5) is 0 Å². The van der Waals surface area contributed by atoms with Crippen LogP contribution in [0.1, 0.15) is 37.7 Å². The van der Waals surface area contributed by atoms with Gasteiger partial charge in [0.15, 0.2) is 0 Å². The van der Waals surface area contributed by atoms with Crippen LogP contribution < -0.4 is 11.0 Å². The Hall–Kier alpha value is -2.21. The Labute approximate surface area is 128 Å². The Balaban J connectivity index is 1.87. The molecule has 0 saturated carbocycles. The number of hydrogen-bond acceptors (Lipinski definition) is 4. The van der Waals surface area contributed by atoms with E-state index in [9.17, 15) is 9.59 Å². The van der Waals surface area contributed by atoms with Crippen LogP contribution >= 0.6 is 0 Å². The number of carbonyl (C=O) groups is 1. The maximum Gasteiger partial charge on any atom is 0.261 e. The molecule has 0 bridgehead atoms. The molecule has 0 aliphatic heterocycles. The van der Waals surface area contributed by atoms with Gasteiger partial charge in [-0.25, -0.2) is 10.5 Å². The Bertz CT molecular complexity index is 709. The highest BCUT2D eigenvalue weighted by Gasteiger charge is 2.04. The molecule has 0 aliphatic rings. The van der Waals surface area contributed by atoms with Crippen LogP contribution in [0.25, 0.3) is 10.9 Å². The van der Waals surface area contributed by atoms with E-state index in [1.807, 2.05) is 25.1 Å². The molecule has 1 amide bonds. The zero-order valence-corrected chi connectivity index (χ0v) is 12.7. The second kappa shape index (κ2) is 7.70. The molecule has 0 aliphatic carbocycles. The van der Waals surface area contributed by atoms with Crippen molar-refractivity contribution in [1.29, 1.82) is 0 Å². The summed E-state index contributed by atoms with van der Waals surface area (Å²) in [7, 11) is 0. The summed E-state index contributed by atoms with van der Waals surface area (Å²) in [5.74, 6) is -0.356. The monoisotopic (exact) mass is 303 g/mol. The minimum absolute atomic E-state index is 0.00958.